The van der Waals surface area contributed by atoms with Gasteiger partial charge in [-0.15, -0.1) is 11.3 Å². The normalized spacial score (nSPS) is 11.9. The highest BCUT2D eigenvalue weighted by molar-refractivity contribution is 7.09. The van der Waals surface area contributed by atoms with E-state index in [9.17, 15) is 14.4 Å². The number of primary amides is 1. The summed E-state index contributed by atoms with van der Waals surface area (Å²) in [5.74, 6) is -1.30. The Balaban J connectivity index is 1.76. The maximum atomic E-state index is 12.0. The number of nitrogens with one attached hydrogen (secondary N) is 1. The second kappa shape index (κ2) is 11.7. The van der Waals surface area contributed by atoms with Gasteiger partial charge in [-0.2, -0.15) is 0 Å². The molecule has 1 unspecified atom stereocenters. The Labute approximate surface area is 216 Å². The fourth-order valence-corrected chi connectivity index (χ4v) is 4.84. The highest BCUT2D eigenvalue weighted by Crippen LogP contribution is 2.29. The van der Waals surface area contributed by atoms with E-state index in [4.69, 9.17) is 38.7 Å². The van der Waals surface area contributed by atoms with Gasteiger partial charge in [0, 0.05) is 24.5 Å². The zero-order valence-electron chi connectivity index (χ0n) is 19.5. The molecular formula is C22H26Cl2N6O4S. The molecule has 3 heterocycles. The smallest absolute Gasteiger partial charge is 0.328 e. The highest BCUT2D eigenvalue weighted by Gasteiger charge is 2.21. The van der Waals surface area contributed by atoms with E-state index in [0.717, 1.165) is 16.4 Å². The number of hydrogen-bond acceptors (Lipinski definition) is 7. The van der Waals surface area contributed by atoms with Crippen LogP contribution < -0.4 is 11.1 Å². The number of carbonyl (C=O) groups is 3. The Kier molecular flexibility index (Phi) is 8.92. The zero-order chi connectivity index (χ0) is 25.7. The Hall–Kier alpha value is -2.89. The molecule has 3 rings (SSSR count). The third-order valence-electron chi connectivity index (χ3n) is 5.47. The molecule has 13 heteroatoms. The molecule has 35 heavy (non-hydrogen) atoms. The number of aromatic nitrogens is 4. The quantitative estimate of drug-likeness (QED) is 0.282. The van der Waals surface area contributed by atoms with Crippen molar-refractivity contribution in [2.45, 2.75) is 52.2 Å². The van der Waals surface area contributed by atoms with Crippen LogP contribution in [-0.4, -0.2) is 50.0 Å². The van der Waals surface area contributed by atoms with Crippen LogP contribution in [0.5, 0.6) is 0 Å². The molecule has 0 aromatic carbocycles. The number of halogens is 2. The van der Waals surface area contributed by atoms with Gasteiger partial charge in [-0.1, -0.05) is 23.2 Å². The van der Waals surface area contributed by atoms with Crippen LogP contribution in [0.1, 0.15) is 47.2 Å². The lowest BCUT2D eigenvalue weighted by molar-refractivity contribution is -0.145. The first-order valence-corrected chi connectivity index (χ1v) is 12.4. The zero-order valence-corrected chi connectivity index (χ0v) is 21.8. The molecule has 1 atom stereocenters. The molecule has 188 valence electrons. The van der Waals surface area contributed by atoms with E-state index < -0.39 is 17.9 Å². The van der Waals surface area contributed by atoms with Crippen LogP contribution in [0, 0.1) is 6.92 Å². The van der Waals surface area contributed by atoms with Gasteiger partial charge in [-0.25, -0.2) is 14.8 Å². The summed E-state index contributed by atoms with van der Waals surface area (Å²) in [7, 11) is 1.29. The van der Waals surface area contributed by atoms with Crippen molar-refractivity contribution in [2.75, 3.05) is 7.11 Å². The molecule has 10 nitrogen and oxygen atoms in total. The first kappa shape index (κ1) is 26.7. The van der Waals surface area contributed by atoms with Gasteiger partial charge in [-0.3, -0.25) is 9.59 Å². The first-order chi connectivity index (χ1) is 16.6. The van der Waals surface area contributed by atoms with Crippen molar-refractivity contribution in [3.05, 3.63) is 44.3 Å². The molecule has 3 aromatic rings. The topological polar surface area (TPSA) is 134 Å². The maximum absolute atomic E-state index is 12.0. The van der Waals surface area contributed by atoms with Gasteiger partial charge in [-0.05, 0) is 32.3 Å². The van der Waals surface area contributed by atoms with E-state index in [2.05, 4.69) is 10.3 Å². The van der Waals surface area contributed by atoms with Crippen LogP contribution in [0.2, 0.25) is 10.3 Å². The fraction of sp³-hybridized carbons (Fsp3) is 0.409. The molecule has 0 bridgehead atoms. The van der Waals surface area contributed by atoms with Crippen molar-refractivity contribution in [3.63, 3.8) is 0 Å². The van der Waals surface area contributed by atoms with Gasteiger partial charge in [0.25, 0.3) is 5.91 Å². The van der Waals surface area contributed by atoms with Gasteiger partial charge in [0.1, 0.15) is 16.2 Å². The minimum Gasteiger partial charge on any atom is -0.467 e. The van der Waals surface area contributed by atoms with Crippen LogP contribution in [-0.2, 0) is 27.4 Å². The first-order valence-electron chi connectivity index (χ1n) is 10.8. The second-order valence-electron chi connectivity index (χ2n) is 7.90. The molecule has 3 N–H and O–H groups in total. The van der Waals surface area contributed by atoms with E-state index in [1.165, 1.54) is 25.4 Å². The molecule has 0 radical (unpaired) electrons. The summed E-state index contributed by atoms with van der Waals surface area (Å²) < 4.78 is 8.45. The number of nitrogens with two attached hydrogens (primary N) is 1. The summed E-state index contributed by atoms with van der Waals surface area (Å²) in [5, 5.41) is 5.87. The van der Waals surface area contributed by atoms with Crippen molar-refractivity contribution in [3.8, 4) is 11.4 Å². The molecule has 0 aliphatic rings. The molecule has 0 saturated heterocycles. The van der Waals surface area contributed by atoms with Crippen molar-refractivity contribution < 1.29 is 19.1 Å². The lowest BCUT2D eigenvalue weighted by Crippen LogP contribution is -2.40. The lowest BCUT2D eigenvalue weighted by Gasteiger charge is -2.16. The lowest BCUT2D eigenvalue weighted by atomic mass is 10.1. The summed E-state index contributed by atoms with van der Waals surface area (Å²) in [5.41, 5.74) is 8.21. The van der Waals surface area contributed by atoms with Crippen LogP contribution in [0.3, 0.4) is 0 Å². The van der Waals surface area contributed by atoms with E-state index in [1.807, 2.05) is 16.9 Å². The van der Waals surface area contributed by atoms with Gasteiger partial charge >= 0.3 is 5.97 Å². The van der Waals surface area contributed by atoms with Gasteiger partial charge in [0.15, 0.2) is 5.15 Å². The molecular weight excluding hydrogens is 515 g/mol. The van der Waals surface area contributed by atoms with E-state index >= 15 is 0 Å². The molecule has 2 amide bonds. The fourth-order valence-electron chi connectivity index (χ4n) is 3.75. The Morgan fingerprint density at radius 1 is 1.29 bits per heavy atom. The largest absolute Gasteiger partial charge is 0.467 e. The SMILES string of the molecule is COC(=O)C(CCCCn1c(-c2csc(Cn3cnc(Cl)c3Cl)n2)cc(C(N)=O)c1C)NC(C)=O. The molecule has 0 aliphatic carbocycles. The van der Waals surface area contributed by atoms with Gasteiger partial charge in [0.2, 0.25) is 5.91 Å². The summed E-state index contributed by atoms with van der Waals surface area (Å²) >= 11 is 13.5. The molecule has 0 spiro atoms. The van der Waals surface area contributed by atoms with Crippen molar-refractivity contribution in [2.24, 2.45) is 5.73 Å². The number of ether oxygens (including phenoxy) is 1. The maximum Gasteiger partial charge on any atom is 0.328 e. The van der Waals surface area contributed by atoms with Crippen molar-refractivity contribution >= 4 is 52.3 Å². The minimum absolute atomic E-state index is 0.229. The van der Waals surface area contributed by atoms with Crippen LogP contribution in [0.25, 0.3) is 11.4 Å². The molecule has 0 aliphatic heterocycles. The standard InChI is InChI=1S/C22H26Cl2N6O4S/c1-12-14(21(25)32)8-17(16-10-35-18(28-16)9-29-11-26-19(23)20(29)24)30(12)7-5-4-6-15(22(33)34-3)27-13(2)31/h8,10-11,15H,4-7,9H2,1-3H3,(H2,25,32)(H,27,31). The van der Waals surface area contributed by atoms with E-state index in [0.29, 0.717) is 48.8 Å². The summed E-state index contributed by atoms with van der Waals surface area (Å²) in [6.45, 7) is 4.16. The van der Waals surface area contributed by atoms with Gasteiger partial charge in [0.05, 0.1) is 36.9 Å². The van der Waals surface area contributed by atoms with Crippen LogP contribution in [0.15, 0.2) is 17.8 Å². The Bertz CT molecular complexity index is 1230. The number of rotatable bonds is 11. The number of imidazole rings is 1. The second-order valence-corrected chi connectivity index (χ2v) is 9.56. The van der Waals surface area contributed by atoms with Crippen molar-refractivity contribution in [1.29, 1.82) is 0 Å². The van der Waals surface area contributed by atoms with Crippen molar-refractivity contribution in [1.82, 2.24) is 24.4 Å². The number of carbonyl (C=O) groups excluding carboxylic acids is 3. The number of methoxy groups -OCH3 is 1. The molecule has 0 saturated carbocycles. The third-order valence-corrected chi connectivity index (χ3v) is 7.08. The number of hydrogen-bond donors (Lipinski definition) is 2. The summed E-state index contributed by atoms with van der Waals surface area (Å²) in [4.78, 5) is 44.0. The monoisotopic (exact) mass is 540 g/mol. The highest BCUT2D eigenvalue weighted by atomic mass is 35.5. The number of nitrogens with zero attached hydrogens (tertiary/aromatic N) is 4. The van der Waals surface area contributed by atoms with Crippen LogP contribution in [0.4, 0.5) is 0 Å². The van der Waals surface area contributed by atoms with Crippen LogP contribution >= 0.6 is 34.5 Å². The number of esters is 1. The van der Waals surface area contributed by atoms with E-state index in [-0.39, 0.29) is 11.1 Å². The van der Waals surface area contributed by atoms with Gasteiger partial charge < -0.3 is 24.9 Å². The Morgan fingerprint density at radius 3 is 2.63 bits per heavy atom. The average molecular weight is 541 g/mol. The predicted molar refractivity (Wildman–Crippen MR) is 134 cm³/mol. The third kappa shape index (κ3) is 6.41. The van der Waals surface area contributed by atoms with E-state index in [1.54, 1.807) is 17.0 Å². The molecule has 0 fully saturated rings. The number of thiazole rings is 1. The average Bonchev–Trinajstić information content (AvgIpc) is 3.49. The minimum atomic E-state index is -0.700. The summed E-state index contributed by atoms with van der Waals surface area (Å²) in [6, 6.07) is 1.04. The number of unbranched alkanes of at least 4 members (excludes halogenated alkanes) is 1. The number of amides is 2. The Morgan fingerprint density at radius 2 is 2.03 bits per heavy atom. The predicted octanol–water partition coefficient (Wildman–Crippen LogP) is 3.42. The molecule has 3 aromatic heterocycles. The summed E-state index contributed by atoms with van der Waals surface area (Å²) in [6.07, 6.45) is 3.31.